The number of carbonyl (C=O) groups excluding carboxylic acids is 1. The van der Waals surface area contributed by atoms with Crippen LogP contribution in [0.25, 0.3) is 0 Å². The quantitative estimate of drug-likeness (QED) is 0.309. The molecular weight excluding hydrogens is 448 g/mol. The molecule has 35 heavy (non-hydrogen) atoms. The van der Waals surface area contributed by atoms with Gasteiger partial charge in [0.15, 0.2) is 18.1 Å². The van der Waals surface area contributed by atoms with Crippen LogP contribution in [0.2, 0.25) is 0 Å². The number of anilines is 1. The molecule has 3 rings (SSSR count). The summed E-state index contributed by atoms with van der Waals surface area (Å²) >= 11 is 0. The van der Waals surface area contributed by atoms with Crippen molar-refractivity contribution in [3.8, 4) is 23.0 Å². The molecule has 3 aromatic carbocycles. The molecule has 0 spiro atoms. The molecule has 0 saturated heterocycles. The van der Waals surface area contributed by atoms with Gasteiger partial charge in [-0.15, -0.1) is 0 Å². The normalized spacial score (nSPS) is 10.9. The number of aryl methyl sites for hydroxylation is 1. The SMILES string of the molecule is COc1cc(NC(=O)CO/N=C(\C)c2ccc(OCc3ccc(C)cc3)cc2)cc(OC)c1OC. The predicted molar refractivity (Wildman–Crippen MR) is 135 cm³/mol. The smallest absolute Gasteiger partial charge is 0.265 e. The Hall–Kier alpha value is -4.20. The molecule has 3 aromatic rings. The Kier molecular flexibility index (Phi) is 8.95. The number of benzene rings is 3. The third kappa shape index (κ3) is 7.14. The van der Waals surface area contributed by atoms with Crippen LogP contribution in [0.5, 0.6) is 23.0 Å². The van der Waals surface area contributed by atoms with Crippen molar-refractivity contribution in [2.45, 2.75) is 20.5 Å². The molecule has 0 fully saturated rings. The fourth-order valence-electron chi connectivity index (χ4n) is 3.23. The van der Waals surface area contributed by atoms with Gasteiger partial charge in [0.05, 0.1) is 27.0 Å². The van der Waals surface area contributed by atoms with Gasteiger partial charge in [-0.3, -0.25) is 4.79 Å². The maximum atomic E-state index is 12.3. The number of oxime groups is 1. The lowest BCUT2D eigenvalue weighted by Crippen LogP contribution is -2.17. The molecule has 0 aliphatic heterocycles. The van der Waals surface area contributed by atoms with Crippen LogP contribution in [-0.4, -0.2) is 39.6 Å². The molecule has 1 amide bonds. The van der Waals surface area contributed by atoms with Crippen LogP contribution in [-0.2, 0) is 16.2 Å². The van der Waals surface area contributed by atoms with E-state index in [-0.39, 0.29) is 12.5 Å². The second kappa shape index (κ2) is 12.3. The van der Waals surface area contributed by atoms with E-state index < -0.39 is 0 Å². The number of amides is 1. The number of hydrogen-bond donors (Lipinski definition) is 1. The molecule has 184 valence electrons. The van der Waals surface area contributed by atoms with E-state index in [0.29, 0.717) is 35.3 Å². The summed E-state index contributed by atoms with van der Waals surface area (Å²) in [5.74, 6) is 1.69. The van der Waals surface area contributed by atoms with Crippen LogP contribution in [0, 0.1) is 6.92 Å². The van der Waals surface area contributed by atoms with E-state index in [2.05, 4.69) is 41.7 Å². The number of methoxy groups -OCH3 is 3. The molecule has 0 saturated carbocycles. The van der Waals surface area contributed by atoms with Gasteiger partial charge in [0.2, 0.25) is 5.75 Å². The van der Waals surface area contributed by atoms with Gasteiger partial charge in [0.25, 0.3) is 5.91 Å². The fourth-order valence-corrected chi connectivity index (χ4v) is 3.23. The summed E-state index contributed by atoms with van der Waals surface area (Å²) in [7, 11) is 4.53. The van der Waals surface area contributed by atoms with Crippen LogP contribution in [0.1, 0.15) is 23.6 Å². The summed E-state index contributed by atoms with van der Waals surface area (Å²) in [6, 6.07) is 19.0. The first-order chi connectivity index (χ1) is 16.9. The van der Waals surface area contributed by atoms with Crippen molar-refractivity contribution < 1.29 is 28.6 Å². The van der Waals surface area contributed by atoms with Crippen molar-refractivity contribution in [1.29, 1.82) is 0 Å². The molecule has 0 radical (unpaired) electrons. The summed E-state index contributed by atoms with van der Waals surface area (Å²) < 4.78 is 21.7. The first-order valence-electron chi connectivity index (χ1n) is 11.0. The highest BCUT2D eigenvalue weighted by Crippen LogP contribution is 2.39. The highest BCUT2D eigenvalue weighted by Gasteiger charge is 2.14. The topological polar surface area (TPSA) is 87.6 Å². The lowest BCUT2D eigenvalue weighted by atomic mass is 10.1. The fraction of sp³-hybridized carbons (Fsp3) is 0.259. The molecule has 0 aliphatic rings. The van der Waals surface area contributed by atoms with Gasteiger partial charge < -0.3 is 29.1 Å². The Morgan fingerprint density at radius 3 is 2.09 bits per heavy atom. The van der Waals surface area contributed by atoms with Crippen molar-refractivity contribution >= 4 is 17.3 Å². The molecule has 0 aromatic heterocycles. The largest absolute Gasteiger partial charge is 0.493 e. The monoisotopic (exact) mass is 478 g/mol. The highest BCUT2D eigenvalue weighted by atomic mass is 16.6. The van der Waals surface area contributed by atoms with Crippen molar-refractivity contribution in [3.63, 3.8) is 0 Å². The second-order valence-corrected chi connectivity index (χ2v) is 7.71. The van der Waals surface area contributed by atoms with E-state index in [0.717, 1.165) is 16.9 Å². The zero-order valence-corrected chi connectivity index (χ0v) is 20.6. The van der Waals surface area contributed by atoms with Gasteiger partial charge in [0.1, 0.15) is 12.4 Å². The minimum Gasteiger partial charge on any atom is -0.493 e. The summed E-state index contributed by atoms with van der Waals surface area (Å²) in [5, 5.41) is 6.78. The van der Waals surface area contributed by atoms with Gasteiger partial charge in [0, 0.05) is 17.8 Å². The van der Waals surface area contributed by atoms with Crippen molar-refractivity contribution in [3.05, 3.63) is 77.4 Å². The average Bonchev–Trinajstić information content (AvgIpc) is 2.87. The number of nitrogens with one attached hydrogen (secondary N) is 1. The molecule has 0 heterocycles. The maximum Gasteiger partial charge on any atom is 0.265 e. The molecular formula is C27H30N2O6. The Bertz CT molecular complexity index is 1130. The van der Waals surface area contributed by atoms with Crippen molar-refractivity contribution in [1.82, 2.24) is 0 Å². The van der Waals surface area contributed by atoms with Crippen LogP contribution in [0.4, 0.5) is 5.69 Å². The van der Waals surface area contributed by atoms with Gasteiger partial charge >= 0.3 is 0 Å². The molecule has 0 bridgehead atoms. The van der Waals surface area contributed by atoms with Gasteiger partial charge in [-0.1, -0.05) is 35.0 Å². The van der Waals surface area contributed by atoms with Crippen molar-refractivity contribution in [2.24, 2.45) is 5.16 Å². The Balaban J connectivity index is 1.52. The average molecular weight is 479 g/mol. The summed E-state index contributed by atoms with van der Waals surface area (Å²) in [6.07, 6.45) is 0. The molecule has 8 nitrogen and oxygen atoms in total. The van der Waals surface area contributed by atoms with E-state index in [1.165, 1.54) is 26.9 Å². The number of ether oxygens (including phenoxy) is 4. The number of hydrogen-bond acceptors (Lipinski definition) is 7. The minimum absolute atomic E-state index is 0.258. The first-order valence-corrected chi connectivity index (χ1v) is 11.0. The van der Waals surface area contributed by atoms with Crippen molar-refractivity contribution in [2.75, 3.05) is 33.3 Å². The number of nitrogens with zero attached hydrogens (tertiary/aromatic N) is 1. The lowest BCUT2D eigenvalue weighted by Gasteiger charge is -2.14. The minimum atomic E-state index is -0.379. The molecule has 0 atom stereocenters. The summed E-state index contributed by atoms with van der Waals surface area (Å²) in [6.45, 7) is 4.10. The van der Waals surface area contributed by atoms with Gasteiger partial charge in [-0.2, -0.15) is 0 Å². The van der Waals surface area contributed by atoms with E-state index in [1.54, 1.807) is 19.1 Å². The molecule has 8 heteroatoms. The second-order valence-electron chi connectivity index (χ2n) is 7.71. The third-order valence-corrected chi connectivity index (χ3v) is 5.14. The highest BCUT2D eigenvalue weighted by molar-refractivity contribution is 5.98. The van der Waals surface area contributed by atoms with Crippen LogP contribution in [0.3, 0.4) is 0 Å². The van der Waals surface area contributed by atoms with Crippen LogP contribution >= 0.6 is 0 Å². The number of rotatable bonds is 11. The van der Waals surface area contributed by atoms with E-state index >= 15 is 0 Å². The zero-order chi connectivity index (χ0) is 25.2. The van der Waals surface area contributed by atoms with E-state index in [1.807, 2.05) is 24.3 Å². The zero-order valence-electron chi connectivity index (χ0n) is 20.6. The van der Waals surface area contributed by atoms with Crippen LogP contribution < -0.4 is 24.3 Å². The summed E-state index contributed by atoms with van der Waals surface area (Å²) in [4.78, 5) is 17.5. The molecule has 0 unspecified atom stereocenters. The van der Waals surface area contributed by atoms with Gasteiger partial charge in [-0.25, -0.2) is 0 Å². The maximum absolute atomic E-state index is 12.3. The van der Waals surface area contributed by atoms with E-state index in [4.69, 9.17) is 23.8 Å². The molecule has 0 aliphatic carbocycles. The third-order valence-electron chi connectivity index (χ3n) is 5.14. The van der Waals surface area contributed by atoms with Crippen LogP contribution in [0.15, 0.2) is 65.8 Å². The standard InChI is InChI=1S/C27H30N2O6/c1-18-6-8-20(9-7-18)16-34-23-12-10-21(11-13-23)19(2)29-35-17-26(30)28-22-14-24(31-3)27(33-5)25(15-22)32-4/h6-15H,16-17H2,1-5H3,(H,28,30)/b29-19+. The first kappa shape index (κ1) is 25.4. The number of carbonyl (C=O) groups is 1. The van der Waals surface area contributed by atoms with Gasteiger partial charge in [-0.05, 0) is 49.2 Å². The lowest BCUT2D eigenvalue weighted by molar-refractivity contribution is -0.120. The Morgan fingerprint density at radius 1 is 0.886 bits per heavy atom. The summed E-state index contributed by atoms with van der Waals surface area (Å²) in [5.41, 5.74) is 4.30. The predicted octanol–water partition coefficient (Wildman–Crippen LogP) is 4.98. The molecule has 1 N–H and O–H groups in total. The van der Waals surface area contributed by atoms with E-state index in [9.17, 15) is 4.79 Å². The Morgan fingerprint density at radius 2 is 1.51 bits per heavy atom. The Labute approximate surface area is 205 Å².